The number of benzene rings is 1. The topological polar surface area (TPSA) is 12.0 Å². The normalized spacial score (nSPS) is 12.7. The van der Waals surface area contributed by atoms with Crippen LogP contribution in [0.3, 0.4) is 0 Å². The lowest BCUT2D eigenvalue weighted by Crippen LogP contribution is -2.18. The van der Waals surface area contributed by atoms with Crippen molar-refractivity contribution in [3.8, 4) is 0 Å². The van der Waals surface area contributed by atoms with Gasteiger partial charge in [0.1, 0.15) is 0 Å². The zero-order valence-corrected chi connectivity index (χ0v) is 13.7. The average Bonchev–Trinajstić information content (AvgIpc) is 2.65. The van der Waals surface area contributed by atoms with E-state index in [0.29, 0.717) is 0 Å². The minimum atomic E-state index is 0.139. The van der Waals surface area contributed by atoms with E-state index in [-0.39, 0.29) is 6.04 Å². The van der Waals surface area contributed by atoms with Crippen molar-refractivity contribution in [3.05, 3.63) is 54.6 Å². The summed E-state index contributed by atoms with van der Waals surface area (Å²) in [4.78, 5) is 2.66. The van der Waals surface area contributed by atoms with Gasteiger partial charge in [0.05, 0.1) is 11.1 Å². The fourth-order valence-corrected chi connectivity index (χ4v) is 3.74. The first kappa shape index (κ1) is 14.1. The quantitative estimate of drug-likeness (QED) is 0.818. The molecule has 1 unspecified atom stereocenters. The predicted octanol–water partition coefficient (Wildman–Crippen LogP) is 5.09. The van der Waals surface area contributed by atoms with Gasteiger partial charge in [-0.1, -0.05) is 23.7 Å². The maximum absolute atomic E-state index is 6.39. The predicted molar refractivity (Wildman–Crippen MR) is 83.8 cm³/mol. The molecule has 0 saturated heterocycles. The summed E-state index contributed by atoms with van der Waals surface area (Å²) >= 11 is 11.7. The van der Waals surface area contributed by atoms with E-state index in [9.17, 15) is 0 Å². The summed E-state index contributed by atoms with van der Waals surface area (Å²) in [6, 6.07) is 8.42. The minimum Gasteiger partial charge on any atom is -0.309 e. The van der Waals surface area contributed by atoms with Crippen molar-refractivity contribution in [2.75, 3.05) is 7.05 Å². The van der Waals surface area contributed by atoms with Gasteiger partial charge < -0.3 is 5.32 Å². The summed E-state index contributed by atoms with van der Waals surface area (Å²) in [6.07, 6.45) is 0. The van der Waals surface area contributed by atoms with Crippen LogP contribution in [0.4, 0.5) is 0 Å². The third kappa shape index (κ3) is 2.64. The van der Waals surface area contributed by atoms with Gasteiger partial charge in [-0.3, -0.25) is 0 Å². The highest BCUT2D eigenvalue weighted by atomic mass is 79.9. The molecule has 1 nitrogen and oxygen atoms in total. The molecular weight excluding hydrogens is 330 g/mol. The van der Waals surface area contributed by atoms with Gasteiger partial charge >= 0.3 is 0 Å². The molecule has 0 aliphatic heterocycles. The SMILES string of the molecule is CNC(c1cc(C)sc1C)c1cccc(Br)c1Cl. The second-order valence-corrected chi connectivity index (χ2v) is 6.93. The van der Waals surface area contributed by atoms with Crippen molar-refractivity contribution in [1.29, 1.82) is 0 Å². The van der Waals surface area contributed by atoms with Crippen LogP contribution in [0.15, 0.2) is 28.7 Å². The molecule has 0 radical (unpaired) electrons. The molecule has 0 fully saturated rings. The number of thiophene rings is 1. The van der Waals surface area contributed by atoms with Crippen LogP contribution in [0.2, 0.25) is 5.02 Å². The smallest absolute Gasteiger partial charge is 0.0600 e. The molecule has 2 rings (SSSR count). The van der Waals surface area contributed by atoms with Gasteiger partial charge in [-0.15, -0.1) is 11.3 Å². The molecule has 1 N–H and O–H groups in total. The highest BCUT2D eigenvalue weighted by Crippen LogP contribution is 2.36. The molecule has 0 spiro atoms. The van der Waals surface area contributed by atoms with E-state index >= 15 is 0 Å². The maximum atomic E-state index is 6.39. The van der Waals surface area contributed by atoms with Crippen LogP contribution in [0.25, 0.3) is 0 Å². The molecule has 2 aromatic rings. The number of halogens is 2. The fourth-order valence-electron chi connectivity index (χ4n) is 2.16. The number of nitrogens with one attached hydrogen (secondary N) is 1. The highest BCUT2D eigenvalue weighted by Gasteiger charge is 2.19. The standard InChI is InChI=1S/C14H15BrClNS/c1-8-7-11(9(2)18-8)14(17-3)10-5-4-6-12(15)13(10)16/h4-7,14,17H,1-3H3. The lowest BCUT2D eigenvalue weighted by atomic mass is 9.99. The summed E-state index contributed by atoms with van der Waals surface area (Å²) < 4.78 is 0.937. The zero-order valence-electron chi connectivity index (χ0n) is 10.6. The number of hydrogen-bond donors (Lipinski definition) is 1. The third-order valence-electron chi connectivity index (χ3n) is 2.97. The van der Waals surface area contributed by atoms with Crippen LogP contribution in [0.5, 0.6) is 0 Å². The van der Waals surface area contributed by atoms with E-state index in [4.69, 9.17) is 11.6 Å². The van der Waals surface area contributed by atoms with Gasteiger partial charge in [-0.2, -0.15) is 0 Å². The molecule has 0 aliphatic rings. The van der Waals surface area contributed by atoms with E-state index in [0.717, 1.165) is 15.1 Å². The molecular formula is C14H15BrClNS. The van der Waals surface area contributed by atoms with E-state index in [1.807, 2.05) is 30.5 Å². The maximum Gasteiger partial charge on any atom is 0.0600 e. The van der Waals surface area contributed by atoms with E-state index < -0.39 is 0 Å². The first-order chi connectivity index (χ1) is 8.54. The molecule has 0 aliphatic carbocycles. The monoisotopic (exact) mass is 343 g/mol. The van der Waals surface area contributed by atoms with Crippen LogP contribution in [-0.4, -0.2) is 7.05 Å². The summed E-state index contributed by atoms with van der Waals surface area (Å²) in [7, 11) is 1.97. The molecule has 1 aromatic heterocycles. The molecule has 4 heteroatoms. The molecule has 96 valence electrons. The summed E-state index contributed by atoms with van der Waals surface area (Å²) in [5.41, 5.74) is 2.41. The van der Waals surface area contributed by atoms with Crippen molar-refractivity contribution in [2.45, 2.75) is 19.9 Å². The van der Waals surface area contributed by atoms with Gasteiger partial charge in [0, 0.05) is 14.2 Å². The average molecular weight is 345 g/mol. The van der Waals surface area contributed by atoms with Gasteiger partial charge in [-0.25, -0.2) is 0 Å². The van der Waals surface area contributed by atoms with Crippen molar-refractivity contribution in [3.63, 3.8) is 0 Å². The second-order valence-electron chi connectivity index (χ2n) is 4.23. The lowest BCUT2D eigenvalue weighted by molar-refractivity contribution is 0.690. The minimum absolute atomic E-state index is 0.139. The molecule has 1 atom stereocenters. The first-order valence-electron chi connectivity index (χ1n) is 5.72. The number of hydrogen-bond acceptors (Lipinski definition) is 2. The van der Waals surface area contributed by atoms with E-state index in [1.165, 1.54) is 15.3 Å². The van der Waals surface area contributed by atoms with Crippen LogP contribution >= 0.6 is 38.9 Å². The van der Waals surface area contributed by atoms with Crippen molar-refractivity contribution in [2.24, 2.45) is 0 Å². The van der Waals surface area contributed by atoms with Crippen LogP contribution in [0, 0.1) is 13.8 Å². The van der Waals surface area contributed by atoms with Crippen molar-refractivity contribution >= 4 is 38.9 Å². The second kappa shape index (κ2) is 5.74. The Labute approximate surface area is 125 Å². The molecule has 0 amide bonds. The van der Waals surface area contributed by atoms with Crippen LogP contribution < -0.4 is 5.32 Å². The Bertz CT molecular complexity index is 565. The van der Waals surface area contributed by atoms with Gasteiger partial charge in [0.25, 0.3) is 0 Å². The molecule has 1 heterocycles. The van der Waals surface area contributed by atoms with Crippen molar-refractivity contribution in [1.82, 2.24) is 5.32 Å². The number of aryl methyl sites for hydroxylation is 2. The Morgan fingerprint density at radius 1 is 1.28 bits per heavy atom. The molecule has 0 bridgehead atoms. The first-order valence-corrected chi connectivity index (χ1v) is 7.71. The summed E-state index contributed by atoms with van der Waals surface area (Å²) in [5.74, 6) is 0. The summed E-state index contributed by atoms with van der Waals surface area (Å²) in [6.45, 7) is 4.29. The summed E-state index contributed by atoms with van der Waals surface area (Å²) in [5, 5.41) is 4.14. The van der Waals surface area contributed by atoms with Gasteiger partial charge in [0.15, 0.2) is 0 Å². The molecule has 1 aromatic carbocycles. The zero-order chi connectivity index (χ0) is 13.3. The fraction of sp³-hybridized carbons (Fsp3) is 0.286. The lowest BCUT2D eigenvalue weighted by Gasteiger charge is -2.19. The largest absolute Gasteiger partial charge is 0.309 e. The van der Waals surface area contributed by atoms with Crippen LogP contribution in [-0.2, 0) is 0 Å². The Hall–Kier alpha value is -0.350. The number of rotatable bonds is 3. The Balaban J connectivity index is 2.52. The third-order valence-corrected chi connectivity index (χ3v) is 5.26. The molecule has 18 heavy (non-hydrogen) atoms. The molecule has 0 saturated carbocycles. The van der Waals surface area contributed by atoms with Crippen molar-refractivity contribution < 1.29 is 0 Å². The Morgan fingerprint density at radius 2 is 2.00 bits per heavy atom. The van der Waals surface area contributed by atoms with Gasteiger partial charge in [0.2, 0.25) is 0 Å². The Kier molecular flexibility index (Phi) is 4.49. The van der Waals surface area contributed by atoms with E-state index in [2.05, 4.69) is 47.2 Å². The Morgan fingerprint density at radius 3 is 2.56 bits per heavy atom. The van der Waals surface area contributed by atoms with Crippen LogP contribution in [0.1, 0.15) is 26.9 Å². The van der Waals surface area contributed by atoms with Gasteiger partial charge in [-0.05, 0) is 60.1 Å². The van der Waals surface area contributed by atoms with E-state index in [1.54, 1.807) is 0 Å². The highest BCUT2D eigenvalue weighted by molar-refractivity contribution is 9.10.